The molecule has 0 amide bonds. The Labute approximate surface area is 176 Å². The number of ether oxygens (including phenoxy) is 1. The Bertz CT molecular complexity index is 857. The molecule has 1 aromatic carbocycles. The SMILES string of the molecule is CC(C)OC(=O)c1ccc(F)cc1.CC(C)c1ccno1.Cc1nc(C(C)C)no1. The number of aryl methyl sites for hydroxylation is 1. The lowest BCUT2D eigenvalue weighted by atomic mass is 10.2. The molecule has 3 rings (SSSR count). The van der Waals surface area contributed by atoms with Crippen LogP contribution in [0.2, 0.25) is 0 Å². The van der Waals surface area contributed by atoms with Gasteiger partial charge in [0.25, 0.3) is 0 Å². The van der Waals surface area contributed by atoms with Gasteiger partial charge in [0.1, 0.15) is 11.6 Å². The summed E-state index contributed by atoms with van der Waals surface area (Å²) in [6.45, 7) is 13.5. The maximum atomic E-state index is 12.5. The standard InChI is InChI=1S/C10H11FO2.C6H10N2O.C6H9NO/c1-7(2)13-10(12)8-3-5-9(11)6-4-8;1-4(2)6-7-5(3)9-8-6;1-5(2)6-3-4-7-8-6/h3-7H,1-2H3;4H,1-3H3;3-5H,1-2H3. The van der Waals surface area contributed by atoms with Gasteiger partial charge in [-0.25, -0.2) is 9.18 Å². The topological polar surface area (TPSA) is 91.2 Å². The molecule has 0 N–H and O–H groups in total. The van der Waals surface area contributed by atoms with Crippen molar-refractivity contribution < 1.29 is 23.0 Å². The van der Waals surface area contributed by atoms with Crippen molar-refractivity contribution in [3.63, 3.8) is 0 Å². The van der Waals surface area contributed by atoms with Crippen molar-refractivity contribution >= 4 is 5.97 Å². The van der Waals surface area contributed by atoms with Crippen molar-refractivity contribution in [3.05, 3.63) is 65.4 Å². The van der Waals surface area contributed by atoms with Crippen LogP contribution in [0.1, 0.15) is 81.2 Å². The molecule has 0 atom stereocenters. The van der Waals surface area contributed by atoms with E-state index in [1.54, 1.807) is 27.0 Å². The van der Waals surface area contributed by atoms with Crippen LogP contribution in [0.4, 0.5) is 4.39 Å². The lowest BCUT2D eigenvalue weighted by Crippen LogP contribution is -2.11. The van der Waals surface area contributed by atoms with Crippen molar-refractivity contribution in [1.82, 2.24) is 15.3 Å². The Kier molecular flexibility index (Phi) is 10.4. The summed E-state index contributed by atoms with van der Waals surface area (Å²) in [5.41, 5.74) is 0.370. The second kappa shape index (κ2) is 12.5. The zero-order chi connectivity index (χ0) is 22.7. The highest BCUT2D eigenvalue weighted by Crippen LogP contribution is 2.11. The first-order chi connectivity index (χ1) is 14.1. The molecular formula is C22H30FN3O4. The van der Waals surface area contributed by atoms with E-state index in [0.29, 0.717) is 23.3 Å². The van der Waals surface area contributed by atoms with Gasteiger partial charge in [-0.05, 0) is 38.1 Å². The third-order valence-corrected chi connectivity index (χ3v) is 3.51. The summed E-state index contributed by atoms with van der Waals surface area (Å²) in [7, 11) is 0. The number of aromatic nitrogens is 3. The third-order valence-electron chi connectivity index (χ3n) is 3.51. The molecule has 0 bridgehead atoms. The summed E-state index contributed by atoms with van der Waals surface area (Å²) in [6, 6.07) is 7.15. The molecule has 0 aliphatic heterocycles. The van der Waals surface area contributed by atoms with Crippen LogP contribution in [0.5, 0.6) is 0 Å². The minimum atomic E-state index is -0.421. The van der Waals surface area contributed by atoms with Crippen LogP contribution < -0.4 is 0 Å². The number of benzene rings is 1. The molecule has 0 aliphatic rings. The molecule has 0 aliphatic carbocycles. The van der Waals surface area contributed by atoms with E-state index in [1.165, 1.54) is 24.3 Å². The fraction of sp³-hybridized carbons (Fsp3) is 0.455. The van der Waals surface area contributed by atoms with Crippen molar-refractivity contribution in [2.75, 3.05) is 0 Å². The average Bonchev–Trinajstić information content (AvgIpc) is 3.34. The number of hydrogen-bond acceptors (Lipinski definition) is 7. The monoisotopic (exact) mass is 419 g/mol. The smallest absolute Gasteiger partial charge is 0.338 e. The lowest BCUT2D eigenvalue weighted by molar-refractivity contribution is 0.0378. The van der Waals surface area contributed by atoms with Crippen LogP contribution in [0.3, 0.4) is 0 Å². The first kappa shape index (κ1) is 25.0. The normalized spacial score (nSPS) is 10.4. The Balaban J connectivity index is 0.000000234. The highest BCUT2D eigenvalue weighted by atomic mass is 19.1. The van der Waals surface area contributed by atoms with E-state index in [-0.39, 0.29) is 11.9 Å². The zero-order valence-corrected chi connectivity index (χ0v) is 18.5. The maximum Gasteiger partial charge on any atom is 0.338 e. The van der Waals surface area contributed by atoms with E-state index in [1.807, 2.05) is 19.9 Å². The summed E-state index contributed by atoms with van der Waals surface area (Å²) in [5.74, 6) is 2.41. The molecule has 0 fully saturated rings. The van der Waals surface area contributed by atoms with Gasteiger partial charge in [-0.15, -0.1) is 0 Å². The Morgan fingerprint density at radius 3 is 1.93 bits per heavy atom. The number of carbonyl (C=O) groups is 1. The van der Waals surface area contributed by atoms with E-state index >= 15 is 0 Å². The quantitative estimate of drug-likeness (QED) is 0.502. The predicted molar refractivity (Wildman–Crippen MR) is 111 cm³/mol. The van der Waals surface area contributed by atoms with Gasteiger partial charge >= 0.3 is 5.97 Å². The molecule has 2 aromatic heterocycles. The number of esters is 1. The minimum Gasteiger partial charge on any atom is -0.459 e. The largest absolute Gasteiger partial charge is 0.459 e. The summed E-state index contributed by atoms with van der Waals surface area (Å²) in [4.78, 5) is 15.3. The van der Waals surface area contributed by atoms with E-state index in [0.717, 1.165) is 11.6 Å². The summed E-state index contributed by atoms with van der Waals surface area (Å²) in [6.07, 6.45) is 1.51. The Morgan fingerprint density at radius 2 is 1.60 bits per heavy atom. The first-order valence-corrected chi connectivity index (χ1v) is 9.77. The number of carbonyl (C=O) groups excluding carboxylic acids is 1. The molecule has 2 heterocycles. The zero-order valence-electron chi connectivity index (χ0n) is 18.5. The highest BCUT2D eigenvalue weighted by molar-refractivity contribution is 5.89. The predicted octanol–water partition coefficient (Wildman–Crippen LogP) is 5.69. The van der Waals surface area contributed by atoms with Gasteiger partial charge in [0.05, 0.1) is 17.9 Å². The van der Waals surface area contributed by atoms with Crippen molar-refractivity contribution in [2.45, 2.75) is 66.4 Å². The lowest BCUT2D eigenvalue weighted by Gasteiger charge is -2.07. The minimum absolute atomic E-state index is 0.155. The van der Waals surface area contributed by atoms with Crippen LogP contribution in [-0.2, 0) is 4.74 Å². The molecule has 3 aromatic rings. The van der Waals surface area contributed by atoms with Crippen molar-refractivity contribution in [2.24, 2.45) is 0 Å². The molecule has 0 spiro atoms. The van der Waals surface area contributed by atoms with Crippen molar-refractivity contribution in [1.29, 1.82) is 0 Å². The maximum absolute atomic E-state index is 12.5. The van der Waals surface area contributed by atoms with E-state index in [9.17, 15) is 9.18 Å². The molecule has 0 saturated carbocycles. The van der Waals surface area contributed by atoms with Gasteiger partial charge in [-0.1, -0.05) is 38.0 Å². The average molecular weight is 419 g/mol. The summed E-state index contributed by atoms with van der Waals surface area (Å²) in [5, 5.41) is 7.30. The number of hydrogen-bond donors (Lipinski definition) is 0. The van der Waals surface area contributed by atoms with Gasteiger partial charge in [0.15, 0.2) is 5.82 Å². The first-order valence-electron chi connectivity index (χ1n) is 9.77. The fourth-order valence-corrected chi connectivity index (χ4v) is 1.94. The number of rotatable bonds is 4. The Morgan fingerprint density at radius 1 is 0.967 bits per heavy atom. The molecule has 30 heavy (non-hydrogen) atoms. The van der Waals surface area contributed by atoms with E-state index in [2.05, 4.69) is 29.1 Å². The van der Waals surface area contributed by atoms with Crippen LogP contribution in [-0.4, -0.2) is 27.4 Å². The molecule has 7 nitrogen and oxygen atoms in total. The number of halogens is 1. The molecule has 164 valence electrons. The number of nitrogens with zero attached hydrogens (tertiary/aromatic N) is 3. The summed E-state index contributed by atoms with van der Waals surface area (Å²) < 4.78 is 27.0. The van der Waals surface area contributed by atoms with Crippen LogP contribution in [0.15, 0.2) is 45.6 Å². The highest BCUT2D eigenvalue weighted by Gasteiger charge is 2.08. The van der Waals surface area contributed by atoms with Gasteiger partial charge in [-0.3, -0.25) is 0 Å². The van der Waals surface area contributed by atoms with E-state index in [4.69, 9.17) is 13.8 Å². The van der Waals surface area contributed by atoms with Crippen molar-refractivity contribution in [3.8, 4) is 0 Å². The Hall–Kier alpha value is -3.03. The molecule has 0 saturated heterocycles. The molecule has 0 unspecified atom stereocenters. The third kappa shape index (κ3) is 9.45. The van der Waals surface area contributed by atoms with Crippen LogP contribution in [0, 0.1) is 12.7 Å². The second-order valence-corrected chi connectivity index (χ2v) is 7.36. The molecule has 0 radical (unpaired) electrons. The van der Waals surface area contributed by atoms with Gasteiger partial charge in [-0.2, -0.15) is 4.98 Å². The van der Waals surface area contributed by atoms with Gasteiger partial charge in [0.2, 0.25) is 5.89 Å². The van der Waals surface area contributed by atoms with Crippen LogP contribution >= 0.6 is 0 Å². The van der Waals surface area contributed by atoms with Gasteiger partial charge in [0, 0.05) is 24.8 Å². The summed E-state index contributed by atoms with van der Waals surface area (Å²) >= 11 is 0. The van der Waals surface area contributed by atoms with E-state index < -0.39 is 5.97 Å². The molecule has 8 heteroatoms. The molecular weight excluding hydrogens is 389 g/mol. The fourth-order valence-electron chi connectivity index (χ4n) is 1.94. The van der Waals surface area contributed by atoms with Gasteiger partial charge < -0.3 is 13.8 Å². The second-order valence-electron chi connectivity index (χ2n) is 7.36. The van der Waals surface area contributed by atoms with Crippen LogP contribution in [0.25, 0.3) is 0 Å².